The van der Waals surface area contributed by atoms with Crippen molar-refractivity contribution in [2.45, 2.75) is 73.0 Å². The van der Waals surface area contributed by atoms with Gasteiger partial charge in [0.1, 0.15) is 0 Å². The lowest BCUT2D eigenvalue weighted by atomic mass is 9.66. The van der Waals surface area contributed by atoms with Crippen LogP contribution in [0.15, 0.2) is 222 Å². The fraction of sp³-hybridized carbons (Fsp3) is 0.143. The van der Waals surface area contributed by atoms with Crippen molar-refractivity contribution in [2.75, 3.05) is 4.90 Å². The maximum absolute atomic E-state index is 2.61. The van der Waals surface area contributed by atoms with Gasteiger partial charge in [0.25, 0.3) is 0 Å². The molecule has 0 N–H and O–H groups in total. The number of nitrogens with zero attached hydrogens (tertiary/aromatic N) is 1. The Balaban J connectivity index is 1.05. The summed E-state index contributed by atoms with van der Waals surface area (Å²) < 4.78 is 2.59. The molecule has 350 valence electrons. The van der Waals surface area contributed by atoms with Crippen LogP contribution in [0.5, 0.6) is 0 Å². The standard InChI is InChI=1S/C70H53NS2/c1-67(2,3)42-30-34-49-50-35-31-43(68(4,5)6)39-58(50)70(57(49)38-42)56-25-14-16-28-63(56)73-64-37-33-45(41-60(64)70)71(61-26-17-29-65-66(61)52-21-10-15-27-62(52)72-65)44-32-36-51-48-20-9-13-24-55(48)69(59(51)40-44)53-22-11-7-18-46(53)47-19-8-12-23-54(47)69/h7-41H,1-6H3. The van der Waals surface area contributed by atoms with Crippen molar-refractivity contribution < 1.29 is 0 Å². The van der Waals surface area contributed by atoms with E-state index in [0.717, 1.165) is 11.4 Å². The van der Waals surface area contributed by atoms with Crippen molar-refractivity contribution in [1.29, 1.82) is 0 Å². The predicted molar refractivity (Wildman–Crippen MR) is 309 cm³/mol. The highest BCUT2D eigenvalue weighted by Crippen LogP contribution is 2.66. The molecule has 15 rings (SSSR count). The summed E-state index contributed by atoms with van der Waals surface area (Å²) in [6, 6.07) is 82.3. The average molecular weight is 972 g/mol. The molecule has 3 aliphatic carbocycles. The van der Waals surface area contributed by atoms with E-state index in [2.05, 4.69) is 259 Å². The second-order valence-electron chi connectivity index (χ2n) is 22.7. The monoisotopic (exact) mass is 971 g/mol. The van der Waals surface area contributed by atoms with Gasteiger partial charge in [-0.1, -0.05) is 211 Å². The smallest absolute Gasteiger partial charge is 0.0736 e. The Morgan fingerprint density at radius 2 is 0.781 bits per heavy atom. The molecule has 0 fully saturated rings. The molecule has 2 heterocycles. The van der Waals surface area contributed by atoms with Crippen molar-refractivity contribution in [2.24, 2.45) is 0 Å². The largest absolute Gasteiger partial charge is 0.310 e. The molecule has 0 saturated carbocycles. The topological polar surface area (TPSA) is 3.24 Å². The minimum atomic E-state index is -0.575. The molecule has 2 spiro atoms. The van der Waals surface area contributed by atoms with E-state index in [1.165, 1.54) is 125 Å². The van der Waals surface area contributed by atoms with Gasteiger partial charge in [-0.3, -0.25) is 0 Å². The lowest BCUT2D eigenvalue weighted by molar-refractivity contribution is 0.585. The van der Waals surface area contributed by atoms with E-state index in [-0.39, 0.29) is 10.8 Å². The quantitative estimate of drug-likeness (QED) is 0.174. The molecule has 0 atom stereocenters. The highest BCUT2D eigenvalue weighted by atomic mass is 32.2. The maximum Gasteiger partial charge on any atom is 0.0736 e. The molecule has 1 aromatic heterocycles. The van der Waals surface area contributed by atoms with Crippen LogP contribution in [0.2, 0.25) is 0 Å². The summed E-state index contributed by atoms with van der Waals surface area (Å²) in [5.41, 5.74) is 23.8. The van der Waals surface area contributed by atoms with Gasteiger partial charge in [-0.2, -0.15) is 0 Å². The van der Waals surface area contributed by atoms with E-state index < -0.39 is 10.8 Å². The average Bonchev–Trinajstić information content (AvgIpc) is 4.13. The Bertz CT molecular complexity index is 4040. The predicted octanol–water partition coefficient (Wildman–Crippen LogP) is 19.3. The van der Waals surface area contributed by atoms with Crippen molar-refractivity contribution >= 4 is 60.3 Å². The molecule has 73 heavy (non-hydrogen) atoms. The molecule has 0 unspecified atom stereocenters. The number of hydrogen-bond acceptors (Lipinski definition) is 3. The number of anilines is 3. The summed E-state index contributed by atoms with van der Waals surface area (Å²) in [6.45, 7) is 14.1. The van der Waals surface area contributed by atoms with E-state index in [1.807, 2.05) is 23.1 Å². The van der Waals surface area contributed by atoms with Gasteiger partial charge in [0, 0.05) is 41.3 Å². The summed E-state index contributed by atoms with van der Waals surface area (Å²) in [5.74, 6) is 0. The second kappa shape index (κ2) is 15.1. The van der Waals surface area contributed by atoms with Crippen LogP contribution in [0.4, 0.5) is 17.1 Å². The van der Waals surface area contributed by atoms with Crippen molar-refractivity contribution in [3.63, 3.8) is 0 Å². The number of fused-ring (bicyclic) bond motifs is 22. The third-order valence-electron chi connectivity index (χ3n) is 16.9. The number of rotatable bonds is 3. The van der Waals surface area contributed by atoms with Crippen LogP contribution in [0.25, 0.3) is 53.6 Å². The molecule has 1 nitrogen and oxygen atoms in total. The molecule has 1 aliphatic heterocycles. The summed E-state index contributed by atoms with van der Waals surface area (Å²) in [4.78, 5) is 5.22. The first-order chi connectivity index (χ1) is 35.5. The van der Waals surface area contributed by atoms with Crippen LogP contribution in [-0.4, -0.2) is 0 Å². The fourth-order valence-corrected chi connectivity index (χ4v) is 15.9. The summed E-state index contributed by atoms with van der Waals surface area (Å²) in [6.07, 6.45) is 0. The van der Waals surface area contributed by atoms with Crippen LogP contribution < -0.4 is 4.90 Å². The van der Waals surface area contributed by atoms with E-state index in [9.17, 15) is 0 Å². The number of hydrogen-bond donors (Lipinski definition) is 0. The van der Waals surface area contributed by atoms with E-state index in [0.29, 0.717) is 0 Å². The lowest BCUT2D eigenvalue weighted by Gasteiger charge is -2.41. The zero-order valence-electron chi connectivity index (χ0n) is 42.0. The molecule has 3 heteroatoms. The van der Waals surface area contributed by atoms with Crippen LogP contribution in [0.1, 0.15) is 97.2 Å². The minimum absolute atomic E-state index is 0.0428. The Kier molecular flexibility index (Phi) is 8.92. The van der Waals surface area contributed by atoms with E-state index in [4.69, 9.17) is 0 Å². The molecule has 0 amide bonds. The van der Waals surface area contributed by atoms with Crippen molar-refractivity contribution in [3.8, 4) is 33.4 Å². The van der Waals surface area contributed by atoms with Gasteiger partial charge in [-0.15, -0.1) is 11.3 Å². The molecular formula is C70H53NS2. The number of thiophene rings is 1. The molecule has 11 aromatic rings. The SMILES string of the molecule is CC(C)(C)c1ccc2c(c1)C1(c3ccccc3Sc3ccc(N(c4ccc5c(c4)C4(c6ccccc6-c6ccccc64)c4ccccc4-5)c4cccc5sc6ccccc6c45)cc31)c1cc(C(C)(C)C)ccc1-2. The Morgan fingerprint density at radius 3 is 1.38 bits per heavy atom. The first-order valence-corrected chi connectivity index (χ1v) is 27.5. The summed E-state index contributed by atoms with van der Waals surface area (Å²) >= 11 is 3.81. The third kappa shape index (κ3) is 5.76. The zero-order chi connectivity index (χ0) is 49.2. The third-order valence-corrected chi connectivity index (χ3v) is 19.2. The molecule has 0 saturated heterocycles. The molecule has 0 radical (unpaired) electrons. The van der Waals surface area contributed by atoms with Gasteiger partial charge in [-0.05, 0) is 154 Å². The van der Waals surface area contributed by atoms with Gasteiger partial charge >= 0.3 is 0 Å². The van der Waals surface area contributed by atoms with E-state index in [1.54, 1.807) is 0 Å². The van der Waals surface area contributed by atoms with Gasteiger partial charge in [0.15, 0.2) is 0 Å². The van der Waals surface area contributed by atoms with Gasteiger partial charge in [0.2, 0.25) is 0 Å². The maximum atomic E-state index is 2.61. The highest BCUT2D eigenvalue weighted by Gasteiger charge is 2.53. The van der Waals surface area contributed by atoms with Crippen LogP contribution in [0.3, 0.4) is 0 Å². The Labute approximate surface area is 436 Å². The number of benzene rings is 10. The fourth-order valence-electron chi connectivity index (χ4n) is 13.6. The van der Waals surface area contributed by atoms with Gasteiger partial charge < -0.3 is 4.90 Å². The molecular weight excluding hydrogens is 919 g/mol. The van der Waals surface area contributed by atoms with Crippen LogP contribution >= 0.6 is 23.1 Å². The van der Waals surface area contributed by atoms with Crippen LogP contribution in [0, 0.1) is 0 Å². The molecule has 10 aromatic carbocycles. The molecule has 0 bridgehead atoms. The minimum Gasteiger partial charge on any atom is -0.310 e. The van der Waals surface area contributed by atoms with Crippen molar-refractivity contribution in [1.82, 2.24) is 0 Å². The molecule has 4 aliphatic rings. The Morgan fingerprint density at radius 1 is 0.342 bits per heavy atom. The highest BCUT2D eigenvalue weighted by molar-refractivity contribution is 7.99. The normalized spacial score (nSPS) is 14.9. The van der Waals surface area contributed by atoms with E-state index >= 15 is 0 Å². The second-order valence-corrected chi connectivity index (χ2v) is 24.9. The van der Waals surface area contributed by atoms with Crippen LogP contribution in [-0.2, 0) is 21.7 Å². The van der Waals surface area contributed by atoms with Gasteiger partial charge in [-0.25, -0.2) is 0 Å². The summed E-state index contributed by atoms with van der Waals surface area (Å²) in [5, 5.41) is 2.57. The Hall–Kier alpha value is -7.43. The van der Waals surface area contributed by atoms with Crippen molar-refractivity contribution in [3.05, 3.63) is 268 Å². The zero-order valence-corrected chi connectivity index (χ0v) is 43.6. The lowest BCUT2D eigenvalue weighted by Crippen LogP contribution is -2.33. The first kappa shape index (κ1) is 43.2. The summed E-state index contributed by atoms with van der Waals surface area (Å²) in [7, 11) is 0. The first-order valence-electron chi connectivity index (χ1n) is 25.8. The van der Waals surface area contributed by atoms with Gasteiger partial charge in [0.05, 0.1) is 16.5 Å².